The Kier molecular flexibility index (Phi) is 5.14. The fourth-order valence-electron chi connectivity index (χ4n) is 1.51. The minimum absolute atomic E-state index is 0.176. The van der Waals surface area contributed by atoms with Crippen LogP contribution in [0.3, 0.4) is 0 Å². The minimum Gasteiger partial charge on any atom is -0.462 e. The number of nitrogens with zero attached hydrogens (tertiary/aromatic N) is 2. The Hall–Kier alpha value is -0.460. The highest BCUT2D eigenvalue weighted by molar-refractivity contribution is 8.06. The van der Waals surface area contributed by atoms with Crippen molar-refractivity contribution in [1.29, 1.82) is 0 Å². The van der Waals surface area contributed by atoms with Crippen LogP contribution in [0.25, 0.3) is 0 Å². The Morgan fingerprint density at radius 2 is 2.44 bits per heavy atom. The lowest BCUT2D eigenvalue weighted by Crippen LogP contribution is -2.13. The molecule has 0 saturated carbocycles. The quantitative estimate of drug-likeness (QED) is 0.632. The van der Waals surface area contributed by atoms with Crippen LogP contribution in [0.2, 0.25) is 5.15 Å². The summed E-state index contributed by atoms with van der Waals surface area (Å²) in [6, 6.07) is 0. The molecule has 2 rings (SSSR count). The molecule has 1 atom stereocenters. The lowest BCUT2D eigenvalue weighted by Gasteiger charge is -2.19. The number of carbonyl (C=O) groups excluding carboxylic acids is 1. The van der Waals surface area contributed by atoms with Crippen molar-refractivity contribution < 1.29 is 9.53 Å². The first kappa shape index (κ1) is 14.0. The molecule has 1 aromatic rings. The number of rotatable bonds is 3. The van der Waals surface area contributed by atoms with Crippen molar-refractivity contribution >= 4 is 41.1 Å². The van der Waals surface area contributed by atoms with Gasteiger partial charge in [-0.25, -0.2) is 14.8 Å². The van der Waals surface area contributed by atoms with E-state index in [0.717, 1.165) is 17.3 Å². The van der Waals surface area contributed by atoms with Crippen molar-refractivity contribution in [3.8, 4) is 0 Å². The third-order valence-electron chi connectivity index (χ3n) is 2.36. The topological polar surface area (TPSA) is 52.1 Å². The van der Waals surface area contributed by atoms with Gasteiger partial charge in [0, 0.05) is 23.5 Å². The smallest absolute Gasteiger partial charge is 0.342 e. The van der Waals surface area contributed by atoms with Crippen LogP contribution in [0.1, 0.15) is 28.4 Å². The van der Waals surface area contributed by atoms with Gasteiger partial charge in [-0.05, 0) is 6.92 Å². The number of halogens is 1. The second-order valence-corrected chi connectivity index (χ2v) is 6.41. The maximum atomic E-state index is 11.6. The maximum absolute atomic E-state index is 11.6. The van der Waals surface area contributed by atoms with Crippen LogP contribution < -0.4 is 0 Å². The molecule has 1 aromatic heterocycles. The number of thioether (sulfide) groups is 2. The van der Waals surface area contributed by atoms with E-state index in [4.69, 9.17) is 16.3 Å². The Morgan fingerprint density at radius 1 is 1.61 bits per heavy atom. The molecular formula is C11H13ClN2O2S2. The van der Waals surface area contributed by atoms with E-state index in [1.165, 1.54) is 6.20 Å². The Labute approximate surface area is 119 Å². The number of hydrogen-bond donors (Lipinski definition) is 0. The van der Waals surface area contributed by atoms with E-state index in [-0.39, 0.29) is 16.0 Å². The SMILES string of the molecule is CCOC(=O)c1cnc(C2CSCCS2)nc1Cl. The molecule has 0 N–H and O–H groups in total. The monoisotopic (exact) mass is 304 g/mol. The average Bonchev–Trinajstić information content (AvgIpc) is 2.40. The van der Waals surface area contributed by atoms with Crippen LogP contribution in [-0.4, -0.2) is 39.8 Å². The molecular weight excluding hydrogens is 292 g/mol. The van der Waals surface area contributed by atoms with Gasteiger partial charge in [-0.1, -0.05) is 11.6 Å². The molecule has 0 amide bonds. The van der Waals surface area contributed by atoms with Crippen molar-refractivity contribution in [2.24, 2.45) is 0 Å². The molecule has 1 aliphatic rings. The van der Waals surface area contributed by atoms with Crippen molar-refractivity contribution in [2.75, 3.05) is 23.9 Å². The molecule has 1 saturated heterocycles. The van der Waals surface area contributed by atoms with Crippen molar-refractivity contribution in [3.05, 3.63) is 22.7 Å². The number of aromatic nitrogens is 2. The lowest BCUT2D eigenvalue weighted by atomic mass is 10.3. The zero-order valence-corrected chi connectivity index (χ0v) is 12.3. The molecule has 7 heteroatoms. The van der Waals surface area contributed by atoms with Gasteiger partial charge in [0.1, 0.15) is 16.5 Å². The number of esters is 1. The molecule has 18 heavy (non-hydrogen) atoms. The van der Waals surface area contributed by atoms with Crippen molar-refractivity contribution in [1.82, 2.24) is 9.97 Å². The summed E-state index contributed by atoms with van der Waals surface area (Å²) >= 11 is 9.73. The summed E-state index contributed by atoms with van der Waals surface area (Å²) in [5.74, 6) is 3.47. The van der Waals surface area contributed by atoms with E-state index < -0.39 is 5.97 Å². The van der Waals surface area contributed by atoms with Gasteiger partial charge in [0.2, 0.25) is 0 Å². The molecule has 0 aromatic carbocycles. The van der Waals surface area contributed by atoms with Gasteiger partial charge < -0.3 is 4.74 Å². The maximum Gasteiger partial charge on any atom is 0.342 e. The van der Waals surface area contributed by atoms with Crippen LogP contribution in [0.4, 0.5) is 0 Å². The third-order valence-corrected chi connectivity index (χ3v) is 5.40. The second-order valence-electron chi connectivity index (χ2n) is 3.59. The predicted octanol–water partition coefficient (Wildman–Crippen LogP) is 2.83. The molecule has 98 valence electrons. The Bertz CT molecular complexity index is 439. The second kappa shape index (κ2) is 6.63. The molecule has 0 spiro atoms. The summed E-state index contributed by atoms with van der Waals surface area (Å²) in [4.78, 5) is 20.0. The van der Waals surface area contributed by atoms with E-state index in [9.17, 15) is 4.79 Å². The first-order valence-corrected chi connectivity index (χ1v) is 8.19. The molecule has 1 fully saturated rings. The minimum atomic E-state index is -0.472. The van der Waals surface area contributed by atoms with E-state index >= 15 is 0 Å². The van der Waals surface area contributed by atoms with Gasteiger partial charge in [0.15, 0.2) is 0 Å². The van der Waals surface area contributed by atoms with Crippen LogP contribution in [-0.2, 0) is 4.74 Å². The van der Waals surface area contributed by atoms with E-state index in [2.05, 4.69) is 9.97 Å². The van der Waals surface area contributed by atoms with Crippen LogP contribution in [0, 0.1) is 0 Å². The average molecular weight is 305 g/mol. The van der Waals surface area contributed by atoms with E-state index in [0.29, 0.717) is 12.4 Å². The first-order valence-electron chi connectivity index (χ1n) is 5.61. The third kappa shape index (κ3) is 3.30. The summed E-state index contributed by atoms with van der Waals surface area (Å²) in [5, 5.41) is 0.437. The summed E-state index contributed by atoms with van der Waals surface area (Å²) in [5.41, 5.74) is 0.232. The number of ether oxygens (including phenoxy) is 1. The molecule has 0 radical (unpaired) electrons. The Morgan fingerprint density at radius 3 is 3.06 bits per heavy atom. The largest absolute Gasteiger partial charge is 0.462 e. The summed E-state index contributed by atoms with van der Waals surface area (Å²) in [7, 11) is 0. The molecule has 1 unspecified atom stereocenters. The predicted molar refractivity (Wildman–Crippen MR) is 75.5 cm³/mol. The molecule has 0 bridgehead atoms. The molecule has 4 nitrogen and oxygen atoms in total. The van der Waals surface area contributed by atoms with Crippen molar-refractivity contribution in [3.63, 3.8) is 0 Å². The zero-order valence-electron chi connectivity index (χ0n) is 9.89. The van der Waals surface area contributed by atoms with Crippen LogP contribution >= 0.6 is 35.1 Å². The van der Waals surface area contributed by atoms with Gasteiger partial charge in [-0.3, -0.25) is 0 Å². The molecule has 0 aliphatic carbocycles. The van der Waals surface area contributed by atoms with Gasteiger partial charge in [0.25, 0.3) is 0 Å². The summed E-state index contributed by atoms with van der Waals surface area (Å²) < 4.78 is 4.88. The molecule has 2 heterocycles. The normalized spacial score (nSPS) is 19.6. The fraction of sp³-hybridized carbons (Fsp3) is 0.545. The van der Waals surface area contributed by atoms with E-state index in [1.54, 1.807) is 6.92 Å². The summed E-state index contributed by atoms with van der Waals surface area (Å²) in [6.45, 7) is 2.06. The zero-order chi connectivity index (χ0) is 13.0. The fourth-order valence-corrected chi connectivity index (χ4v) is 4.33. The van der Waals surface area contributed by atoms with Gasteiger partial charge in [-0.15, -0.1) is 11.8 Å². The van der Waals surface area contributed by atoms with Crippen LogP contribution in [0.15, 0.2) is 6.20 Å². The van der Waals surface area contributed by atoms with Gasteiger partial charge in [0.05, 0.1) is 11.9 Å². The standard InChI is InChI=1S/C11H13ClN2O2S2/c1-2-16-11(15)7-5-13-10(14-9(7)12)8-6-17-3-4-18-8/h5,8H,2-4,6H2,1H3. The van der Waals surface area contributed by atoms with E-state index in [1.807, 2.05) is 23.5 Å². The highest BCUT2D eigenvalue weighted by Crippen LogP contribution is 2.35. The number of carbonyl (C=O) groups is 1. The lowest BCUT2D eigenvalue weighted by molar-refractivity contribution is 0.0525. The van der Waals surface area contributed by atoms with Gasteiger partial charge >= 0.3 is 5.97 Å². The highest BCUT2D eigenvalue weighted by atomic mass is 35.5. The van der Waals surface area contributed by atoms with Gasteiger partial charge in [-0.2, -0.15) is 11.8 Å². The summed E-state index contributed by atoms with van der Waals surface area (Å²) in [6.07, 6.45) is 1.46. The van der Waals surface area contributed by atoms with Crippen LogP contribution in [0.5, 0.6) is 0 Å². The van der Waals surface area contributed by atoms with Crippen molar-refractivity contribution in [2.45, 2.75) is 12.2 Å². The first-order chi connectivity index (χ1) is 8.72. The number of hydrogen-bond acceptors (Lipinski definition) is 6. The highest BCUT2D eigenvalue weighted by Gasteiger charge is 2.21. The molecule has 1 aliphatic heterocycles. The Balaban J connectivity index is 2.16.